The second-order valence-corrected chi connectivity index (χ2v) is 10.9. The Bertz CT molecular complexity index is 638. The molecular formula is C24H38O5. The lowest BCUT2D eigenvalue weighted by atomic mass is 9.67. The molecule has 0 aromatic carbocycles. The van der Waals surface area contributed by atoms with E-state index in [1.807, 2.05) is 20.8 Å². The predicted octanol–water partition coefficient (Wildman–Crippen LogP) is 5.21. The monoisotopic (exact) mass is 406 g/mol. The number of cyclic esters (lactones) is 1. The summed E-state index contributed by atoms with van der Waals surface area (Å²) >= 11 is 0. The molecule has 164 valence electrons. The molecule has 2 bridgehead atoms. The number of fused-ring (bicyclic) bond motifs is 5. The first-order chi connectivity index (χ1) is 13.7. The van der Waals surface area contributed by atoms with Crippen molar-refractivity contribution in [1.82, 2.24) is 0 Å². The van der Waals surface area contributed by atoms with Crippen LogP contribution in [0.25, 0.3) is 0 Å². The molecule has 3 aliphatic carbocycles. The van der Waals surface area contributed by atoms with Crippen molar-refractivity contribution in [1.29, 1.82) is 0 Å². The van der Waals surface area contributed by atoms with E-state index >= 15 is 0 Å². The highest BCUT2D eigenvalue weighted by atomic mass is 16.7. The van der Waals surface area contributed by atoms with Gasteiger partial charge in [0.15, 0.2) is 0 Å². The summed E-state index contributed by atoms with van der Waals surface area (Å²) in [5, 5.41) is 0. The molecule has 1 saturated heterocycles. The standard InChI is InChI=1S/C24H38O5/c1-6-13-10-14(7-2)20-17-11-15(19(13)20)12-18(17)21(16-8-9-27-22(16)25)28-23(26)29-24(3,4)5/h13-21H,6-12H2,1-5H3. The van der Waals surface area contributed by atoms with Crippen molar-refractivity contribution in [3.63, 3.8) is 0 Å². The van der Waals surface area contributed by atoms with Crippen LogP contribution < -0.4 is 0 Å². The molecule has 3 saturated carbocycles. The third-order valence-electron chi connectivity index (χ3n) is 8.34. The van der Waals surface area contributed by atoms with Crippen LogP contribution in [0.2, 0.25) is 0 Å². The summed E-state index contributed by atoms with van der Waals surface area (Å²) in [7, 11) is 0. The fourth-order valence-corrected chi connectivity index (χ4v) is 7.49. The Morgan fingerprint density at radius 1 is 1.10 bits per heavy atom. The summed E-state index contributed by atoms with van der Waals surface area (Å²) in [6.45, 7) is 10.6. The lowest BCUT2D eigenvalue weighted by molar-refractivity contribution is -0.147. The molecule has 0 aromatic rings. The van der Waals surface area contributed by atoms with Gasteiger partial charge in [0.05, 0.1) is 12.5 Å². The summed E-state index contributed by atoms with van der Waals surface area (Å²) < 4.78 is 16.6. The summed E-state index contributed by atoms with van der Waals surface area (Å²) in [6, 6.07) is 0. The summed E-state index contributed by atoms with van der Waals surface area (Å²) in [4.78, 5) is 25.0. The van der Waals surface area contributed by atoms with Crippen LogP contribution in [0.15, 0.2) is 0 Å². The number of hydrogen-bond donors (Lipinski definition) is 0. The van der Waals surface area contributed by atoms with Crippen LogP contribution in [-0.2, 0) is 19.0 Å². The smallest absolute Gasteiger partial charge is 0.465 e. The largest absolute Gasteiger partial charge is 0.509 e. The summed E-state index contributed by atoms with van der Waals surface area (Å²) in [5.74, 6) is 4.19. The second kappa shape index (κ2) is 7.77. The summed E-state index contributed by atoms with van der Waals surface area (Å²) in [5.41, 5.74) is -0.606. The highest BCUT2D eigenvalue weighted by Gasteiger charge is 2.62. The Balaban J connectivity index is 1.56. The Labute approximate surface area is 175 Å². The van der Waals surface area contributed by atoms with Gasteiger partial charge in [-0.3, -0.25) is 4.79 Å². The maximum absolute atomic E-state index is 12.5. The first-order valence-corrected chi connectivity index (χ1v) is 11.8. The van der Waals surface area contributed by atoms with E-state index in [2.05, 4.69) is 13.8 Å². The molecule has 1 heterocycles. The van der Waals surface area contributed by atoms with Crippen LogP contribution >= 0.6 is 0 Å². The Hall–Kier alpha value is -1.26. The van der Waals surface area contributed by atoms with Crippen molar-refractivity contribution in [2.24, 2.45) is 47.3 Å². The molecule has 0 radical (unpaired) electrons. The van der Waals surface area contributed by atoms with Crippen LogP contribution in [0.4, 0.5) is 4.79 Å². The van der Waals surface area contributed by atoms with E-state index in [4.69, 9.17) is 14.2 Å². The molecule has 4 fully saturated rings. The van der Waals surface area contributed by atoms with E-state index in [-0.39, 0.29) is 17.8 Å². The van der Waals surface area contributed by atoms with E-state index in [9.17, 15) is 9.59 Å². The van der Waals surface area contributed by atoms with Crippen LogP contribution in [0.1, 0.15) is 73.1 Å². The topological polar surface area (TPSA) is 61.8 Å². The zero-order valence-corrected chi connectivity index (χ0v) is 18.7. The molecule has 9 unspecified atom stereocenters. The van der Waals surface area contributed by atoms with Crippen LogP contribution in [0.3, 0.4) is 0 Å². The minimum Gasteiger partial charge on any atom is -0.465 e. The quantitative estimate of drug-likeness (QED) is 0.586. The molecule has 4 rings (SSSR count). The number of rotatable bonds is 5. The molecule has 1 aliphatic heterocycles. The van der Waals surface area contributed by atoms with E-state index in [0.29, 0.717) is 18.9 Å². The third-order valence-corrected chi connectivity index (χ3v) is 8.34. The van der Waals surface area contributed by atoms with E-state index in [1.165, 1.54) is 25.7 Å². The second-order valence-electron chi connectivity index (χ2n) is 10.9. The predicted molar refractivity (Wildman–Crippen MR) is 109 cm³/mol. The fraction of sp³-hybridized carbons (Fsp3) is 0.917. The SMILES string of the molecule is CCC1CC(CC)C2C3CC(CC3C(OC(=O)OC(C)(C)C)C3CCOC3=O)C12. The van der Waals surface area contributed by atoms with Gasteiger partial charge in [0.25, 0.3) is 0 Å². The molecule has 9 atom stereocenters. The normalized spacial score (nSPS) is 41.9. The third kappa shape index (κ3) is 3.79. The Morgan fingerprint density at radius 2 is 1.79 bits per heavy atom. The molecule has 29 heavy (non-hydrogen) atoms. The van der Waals surface area contributed by atoms with Crippen LogP contribution in [0, 0.1) is 47.3 Å². The van der Waals surface area contributed by atoms with Crippen molar-refractivity contribution in [2.75, 3.05) is 6.61 Å². The van der Waals surface area contributed by atoms with Gasteiger partial charge in [0.2, 0.25) is 0 Å². The van der Waals surface area contributed by atoms with Gasteiger partial charge in [-0.25, -0.2) is 4.79 Å². The minimum absolute atomic E-state index is 0.206. The average molecular weight is 407 g/mol. The summed E-state index contributed by atoms with van der Waals surface area (Å²) in [6.07, 6.45) is 5.77. The first kappa shape index (κ1) is 21.0. The zero-order valence-electron chi connectivity index (χ0n) is 18.7. The van der Waals surface area contributed by atoms with Gasteiger partial charge in [-0.05, 0) is 82.0 Å². The Morgan fingerprint density at radius 3 is 2.38 bits per heavy atom. The maximum atomic E-state index is 12.5. The Kier molecular flexibility index (Phi) is 5.63. The van der Waals surface area contributed by atoms with Gasteiger partial charge in [-0.1, -0.05) is 26.7 Å². The molecule has 5 nitrogen and oxygen atoms in total. The van der Waals surface area contributed by atoms with Crippen molar-refractivity contribution in [3.05, 3.63) is 0 Å². The molecule has 0 amide bonds. The van der Waals surface area contributed by atoms with Crippen molar-refractivity contribution >= 4 is 12.1 Å². The average Bonchev–Trinajstić information content (AvgIpc) is 3.39. The van der Waals surface area contributed by atoms with Crippen molar-refractivity contribution in [2.45, 2.75) is 84.8 Å². The number of carbonyl (C=O) groups is 2. The van der Waals surface area contributed by atoms with Crippen LogP contribution in [-0.4, -0.2) is 30.4 Å². The number of carbonyl (C=O) groups excluding carboxylic acids is 2. The van der Waals surface area contributed by atoms with Gasteiger partial charge >= 0.3 is 12.1 Å². The van der Waals surface area contributed by atoms with Crippen molar-refractivity contribution < 1.29 is 23.8 Å². The molecule has 4 aliphatic rings. The van der Waals surface area contributed by atoms with Gasteiger partial charge in [0.1, 0.15) is 11.7 Å². The minimum atomic E-state index is -0.647. The van der Waals surface area contributed by atoms with E-state index < -0.39 is 17.9 Å². The molecule has 5 heteroatoms. The van der Waals surface area contributed by atoms with Gasteiger partial charge in [0, 0.05) is 5.92 Å². The van der Waals surface area contributed by atoms with Crippen LogP contribution in [0.5, 0.6) is 0 Å². The van der Waals surface area contributed by atoms with E-state index in [1.54, 1.807) is 0 Å². The number of hydrogen-bond acceptors (Lipinski definition) is 5. The first-order valence-electron chi connectivity index (χ1n) is 11.8. The highest BCUT2D eigenvalue weighted by molar-refractivity contribution is 5.75. The van der Waals surface area contributed by atoms with Gasteiger partial charge in [-0.2, -0.15) is 0 Å². The molecular weight excluding hydrogens is 368 g/mol. The van der Waals surface area contributed by atoms with Crippen molar-refractivity contribution in [3.8, 4) is 0 Å². The number of esters is 1. The van der Waals surface area contributed by atoms with Gasteiger partial charge < -0.3 is 14.2 Å². The maximum Gasteiger partial charge on any atom is 0.509 e. The molecule has 0 N–H and O–H groups in total. The lowest BCUT2D eigenvalue weighted by Gasteiger charge is -2.40. The number of ether oxygens (including phenoxy) is 3. The molecule has 0 aromatic heterocycles. The lowest BCUT2D eigenvalue weighted by Crippen LogP contribution is -2.43. The fourth-order valence-electron chi connectivity index (χ4n) is 7.49. The zero-order chi connectivity index (χ0) is 20.9. The highest BCUT2D eigenvalue weighted by Crippen LogP contribution is 2.66. The van der Waals surface area contributed by atoms with E-state index in [0.717, 1.165) is 36.0 Å². The molecule has 0 spiro atoms. The van der Waals surface area contributed by atoms with Gasteiger partial charge in [-0.15, -0.1) is 0 Å².